The van der Waals surface area contributed by atoms with Crippen LogP contribution in [0.3, 0.4) is 0 Å². The van der Waals surface area contributed by atoms with Crippen molar-refractivity contribution >= 4 is 38.8 Å². The minimum atomic E-state index is -0.560. The van der Waals surface area contributed by atoms with Crippen molar-refractivity contribution in [3.63, 3.8) is 0 Å². The van der Waals surface area contributed by atoms with E-state index >= 15 is 0 Å². The Kier molecular flexibility index (Phi) is 4.64. The SMILES string of the molecule is Cc1nc2c(=O)n(CC(=O)Nc3cccc([N+](=O)[O-])c3)nc(-c3ccco3)c2s1. The number of thiazole rings is 1. The third kappa shape index (κ3) is 3.62. The van der Waals surface area contributed by atoms with Crippen molar-refractivity contribution in [1.29, 1.82) is 0 Å². The van der Waals surface area contributed by atoms with Crippen LogP contribution in [0.2, 0.25) is 0 Å². The van der Waals surface area contributed by atoms with Crippen LogP contribution in [0.25, 0.3) is 21.7 Å². The summed E-state index contributed by atoms with van der Waals surface area (Å²) in [5, 5.41) is 18.4. The fourth-order valence-corrected chi connectivity index (χ4v) is 3.68. The van der Waals surface area contributed by atoms with E-state index in [0.29, 0.717) is 21.2 Å². The minimum absolute atomic E-state index is 0.155. The smallest absolute Gasteiger partial charge is 0.294 e. The Balaban J connectivity index is 1.68. The molecule has 4 rings (SSSR count). The number of non-ortho nitro benzene ring substituents is 1. The summed E-state index contributed by atoms with van der Waals surface area (Å²) in [7, 11) is 0. The number of carbonyl (C=O) groups is 1. The second-order valence-electron chi connectivity index (χ2n) is 6.05. The number of benzene rings is 1. The van der Waals surface area contributed by atoms with Crippen LogP contribution in [-0.2, 0) is 11.3 Å². The highest BCUT2D eigenvalue weighted by Gasteiger charge is 2.19. The monoisotopic (exact) mass is 411 g/mol. The van der Waals surface area contributed by atoms with E-state index < -0.39 is 16.4 Å². The molecular weight excluding hydrogens is 398 g/mol. The molecule has 0 aliphatic heterocycles. The molecule has 0 aliphatic rings. The summed E-state index contributed by atoms with van der Waals surface area (Å²) < 4.78 is 6.99. The average Bonchev–Trinajstić information content (AvgIpc) is 3.34. The molecule has 0 atom stereocenters. The lowest BCUT2D eigenvalue weighted by Crippen LogP contribution is -2.30. The van der Waals surface area contributed by atoms with E-state index in [-0.39, 0.29) is 23.4 Å². The summed E-state index contributed by atoms with van der Waals surface area (Å²) in [6.07, 6.45) is 1.49. The van der Waals surface area contributed by atoms with Gasteiger partial charge in [0.15, 0.2) is 11.3 Å². The van der Waals surface area contributed by atoms with Crippen molar-refractivity contribution < 1.29 is 14.1 Å². The number of carbonyl (C=O) groups excluding carboxylic acids is 1. The summed E-state index contributed by atoms with van der Waals surface area (Å²) >= 11 is 1.31. The van der Waals surface area contributed by atoms with Crippen molar-refractivity contribution in [2.45, 2.75) is 13.5 Å². The van der Waals surface area contributed by atoms with Crippen molar-refractivity contribution in [2.75, 3.05) is 5.32 Å². The largest absolute Gasteiger partial charge is 0.463 e. The van der Waals surface area contributed by atoms with Gasteiger partial charge >= 0.3 is 0 Å². The van der Waals surface area contributed by atoms with Gasteiger partial charge in [0.2, 0.25) is 5.91 Å². The van der Waals surface area contributed by atoms with E-state index in [1.54, 1.807) is 19.1 Å². The molecular formula is C18H13N5O5S. The second-order valence-corrected chi connectivity index (χ2v) is 7.26. The number of nitrogens with zero attached hydrogens (tertiary/aromatic N) is 4. The number of nitro benzene ring substituents is 1. The lowest BCUT2D eigenvalue weighted by atomic mass is 10.3. The van der Waals surface area contributed by atoms with Crippen molar-refractivity contribution in [3.8, 4) is 11.5 Å². The molecule has 0 spiro atoms. The number of furan rings is 1. The maximum absolute atomic E-state index is 12.7. The molecule has 1 amide bonds. The Morgan fingerprint density at radius 3 is 2.90 bits per heavy atom. The van der Waals surface area contributed by atoms with Crippen LogP contribution in [-0.4, -0.2) is 25.6 Å². The number of rotatable bonds is 5. The van der Waals surface area contributed by atoms with E-state index in [1.807, 2.05) is 0 Å². The van der Waals surface area contributed by atoms with E-state index in [9.17, 15) is 19.7 Å². The number of nitro groups is 1. The van der Waals surface area contributed by atoms with E-state index in [1.165, 1.54) is 41.9 Å². The molecule has 0 aliphatic carbocycles. The molecule has 29 heavy (non-hydrogen) atoms. The lowest BCUT2D eigenvalue weighted by molar-refractivity contribution is -0.384. The summed E-state index contributed by atoms with van der Waals surface area (Å²) in [5.41, 5.74) is 0.205. The van der Waals surface area contributed by atoms with Crippen LogP contribution >= 0.6 is 11.3 Å². The first-order chi connectivity index (χ1) is 13.9. The molecule has 1 N–H and O–H groups in total. The average molecular weight is 411 g/mol. The number of nitrogens with one attached hydrogen (secondary N) is 1. The quantitative estimate of drug-likeness (QED) is 0.394. The maximum atomic E-state index is 12.7. The molecule has 11 heteroatoms. The third-order valence-corrected chi connectivity index (χ3v) is 4.97. The zero-order valence-corrected chi connectivity index (χ0v) is 15.8. The molecule has 3 heterocycles. The highest BCUT2D eigenvalue weighted by atomic mass is 32.1. The van der Waals surface area contributed by atoms with E-state index in [0.717, 1.165) is 4.68 Å². The predicted octanol–water partition coefficient (Wildman–Crippen LogP) is 2.97. The Labute approximate surface area is 166 Å². The zero-order chi connectivity index (χ0) is 20.5. The molecule has 0 unspecified atom stereocenters. The topological polar surface area (TPSA) is 133 Å². The first-order valence-corrected chi connectivity index (χ1v) is 9.20. The van der Waals surface area contributed by atoms with Gasteiger partial charge in [-0.3, -0.25) is 19.7 Å². The number of amides is 1. The standard InChI is InChI=1S/C18H13N5O5S/c1-10-19-16-17(29-10)15(13-6-3-7-28-13)21-22(18(16)25)9-14(24)20-11-4-2-5-12(8-11)23(26)27/h2-8H,9H2,1H3,(H,20,24). The normalized spacial score (nSPS) is 10.9. The highest BCUT2D eigenvalue weighted by Crippen LogP contribution is 2.29. The van der Waals surface area contributed by atoms with Gasteiger partial charge in [0.25, 0.3) is 11.2 Å². The Morgan fingerprint density at radius 2 is 2.17 bits per heavy atom. The molecule has 0 saturated carbocycles. The molecule has 146 valence electrons. The van der Waals surface area contributed by atoms with Crippen molar-refractivity contribution in [3.05, 3.63) is 68.1 Å². The fourth-order valence-electron chi connectivity index (χ4n) is 2.78. The van der Waals surface area contributed by atoms with Crippen molar-refractivity contribution in [2.24, 2.45) is 0 Å². The van der Waals surface area contributed by atoms with Gasteiger partial charge in [0.05, 0.1) is 20.9 Å². The molecule has 0 saturated heterocycles. The Hall–Kier alpha value is -3.86. The van der Waals surface area contributed by atoms with Gasteiger partial charge in [-0.25, -0.2) is 9.67 Å². The van der Waals surface area contributed by atoms with Crippen LogP contribution in [0.1, 0.15) is 5.01 Å². The molecule has 10 nitrogen and oxygen atoms in total. The van der Waals surface area contributed by atoms with Crippen LogP contribution in [0.15, 0.2) is 51.9 Å². The number of aromatic nitrogens is 3. The van der Waals surface area contributed by atoms with Gasteiger partial charge in [-0.05, 0) is 25.1 Å². The van der Waals surface area contributed by atoms with Gasteiger partial charge in [-0.2, -0.15) is 5.10 Å². The first kappa shape index (κ1) is 18.5. The lowest BCUT2D eigenvalue weighted by Gasteiger charge is -2.08. The molecule has 0 radical (unpaired) electrons. The predicted molar refractivity (Wildman–Crippen MR) is 106 cm³/mol. The van der Waals surface area contributed by atoms with Crippen LogP contribution in [0.5, 0.6) is 0 Å². The number of fused-ring (bicyclic) bond motifs is 1. The van der Waals surface area contributed by atoms with Gasteiger partial charge in [0.1, 0.15) is 12.2 Å². The van der Waals surface area contributed by atoms with Gasteiger partial charge < -0.3 is 9.73 Å². The molecule has 1 aromatic carbocycles. The fraction of sp³-hybridized carbons (Fsp3) is 0.111. The number of hydrogen-bond acceptors (Lipinski definition) is 8. The zero-order valence-electron chi connectivity index (χ0n) is 15.0. The summed E-state index contributed by atoms with van der Waals surface area (Å²) in [6.45, 7) is 1.39. The maximum Gasteiger partial charge on any atom is 0.294 e. The Morgan fingerprint density at radius 1 is 1.34 bits per heavy atom. The third-order valence-electron chi connectivity index (χ3n) is 4.00. The molecule has 0 bridgehead atoms. The number of hydrogen-bond donors (Lipinski definition) is 1. The van der Waals surface area contributed by atoms with Crippen LogP contribution < -0.4 is 10.9 Å². The Bertz CT molecular complexity index is 1290. The van der Waals surface area contributed by atoms with Gasteiger partial charge in [-0.1, -0.05) is 6.07 Å². The van der Waals surface area contributed by atoms with Crippen LogP contribution in [0, 0.1) is 17.0 Å². The van der Waals surface area contributed by atoms with Crippen molar-refractivity contribution in [1.82, 2.24) is 14.8 Å². The summed E-state index contributed by atoms with van der Waals surface area (Å²) in [5.74, 6) is -0.108. The second kappa shape index (κ2) is 7.28. The highest BCUT2D eigenvalue weighted by molar-refractivity contribution is 7.19. The molecule has 0 fully saturated rings. The van der Waals surface area contributed by atoms with Gasteiger partial charge in [-0.15, -0.1) is 11.3 Å². The van der Waals surface area contributed by atoms with Gasteiger partial charge in [0, 0.05) is 17.8 Å². The number of anilines is 1. The molecule has 3 aromatic heterocycles. The summed E-state index contributed by atoms with van der Waals surface area (Å²) in [6, 6.07) is 8.92. The summed E-state index contributed by atoms with van der Waals surface area (Å²) in [4.78, 5) is 39.7. The van der Waals surface area contributed by atoms with E-state index in [4.69, 9.17) is 4.42 Å². The molecule has 4 aromatic rings. The minimum Gasteiger partial charge on any atom is -0.463 e. The number of aryl methyl sites for hydroxylation is 1. The van der Waals surface area contributed by atoms with Crippen LogP contribution in [0.4, 0.5) is 11.4 Å². The van der Waals surface area contributed by atoms with E-state index in [2.05, 4.69) is 15.4 Å². The first-order valence-electron chi connectivity index (χ1n) is 8.39.